The molecule has 1 aliphatic carbocycles. The van der Waals surface area contributed by atoms with Gasteiger partial charge in [-0.1, -0.05) is 35.1 Å². The van der Waals surface area contributed by atoms with Crippen molar-refractivity contribution in [2.75, 3.05) is 11.9 Å². The van der Waals surface area contributed by atoms with Crippen LogP contribution in [0.25, 0.3) is 0 Å². The van der Waals surface area contributed by atoms with Gasteiger partial charge in [-0.25, -0.2) is 13.1 Å². The molecule has 128 valence electrons. The Kier molecular flexibility index (Phi) is 5.14. The van der Waals surface area contributed by atoms with E-state index in [1.807, 2.05) is 0 Å². The van der Waals surface area contributed by atoms with Crippen LogP contribution in [0.2, 0.25) is 5.02 Å². The molecule has 0 radical (unpaired) electrons. The van der Waals surface area contributed by atoms with Gasteiger partial charge in [0.25, 0.3) is 0 Å². The van der Waals surface area contributed by atoms with Crippen LogP contribution in [0.1, 0.15) is 30.2 Å². The van der Waals surface area contributed by atoms with Gasteiger partial charge >= 0.3 is 0 Å². The van der Waals surface area contributed by atoms with Crippen molar-refractivity contribution in [1.29, 1.82) is 0 Å². The summed E-state index contributed by atoms with van der Waals surface area (Å²) in [5.74, 6) is 0.158. The number of hydrogen-bond acceptors (Lipinski definition) is 6. The minimum Gasteiger partial charge on any atom is -0.300 e. The Labute approximate surface area is 148 Å². The van der Waals surface area contributed by atoms with Crippen LogP contribution >= 0.6 is 22.9 Å². The van der Waals surface area contributed by atoms with Crippen molar-refractivity contribution in [3.8, 4) is 0 Å². The van der Waals surface area contributed by atoms with Crippen molar-refractivity contribution in [3.05, 3.63) is 34.3 Å². The van der Waals surface area contributed by atoms with Crippen LogP contribution in [0.3, 0.4) is 0 Å². The molecular formula is C14H15ClN4O3S2. The Morgan fingerprint density at radius 2 is 2.04 bits per heavy atom. The van der Waals surface area contributed by atoms with Crippen LogP contribution in [0.4, 0.5) is 5.13 Å². The fourth-order valence-electron chi connectivity index (χ4n) is 2.00. The maximum absolute atomic E-state index is 12.1. The summed E-state index contributed by atoms with van der Waals surface area (Å²) in [5.41, 5.74) is 0. The van der Waals surface area contributed by atoms with E-state index in [0.717, 1.165) is 17.8 Å². The van der Waals surface area contributed by atoms with E-state index >= 15 is 0 Å². The molecule has 3 rings (SSSR count). The second-order valence-corrected chi connectivity index (χ2v) is 8.50. The molecular weight excluding hydrogens is 372 g/mol. The van der Waals surface area contributed by atoms with Gasteiger partial charge in [0.05, 0.1) is 5.02 Å². The zero-order valence-corrected chi connectivity index (χ0v) is 14.9. The highest BCUT2D eigenvalue weighted by atomic mass is 35.5. The molecule has 24 heavy (non-hydrogen) atoms. The second kappa shape index (κ2) is 7.14. The molecule has 1 heterocycles. The lowest BCUT2D eigenvalue weighted by Crippen LogP contribution is -2.28. The third-order valence-corrected chi connectivity index (χ3v) is 6.35. The highest BCUT2D eigenvalue weighted by Crippen LogP contribution is 2.42. The number of amides is 1. The number of halogens is 1. The standard InChI is InChI=1S/C14H15ClN4O3S2/c15-10-3-1-2-4-11(10)24(21,22)16-8-7-12(20)17-14-19-18-13(23-14)9-5-6-9/h1-4,9,16H,5-8H2,(H,17,19,20). The average molecular weight is 387 g/mol. The summed E-state index contributed by atoms with van der Waals surface area (Å²) < 4.78 is 26.6. The first kappa shape index (κ1) is 17.3. The van der Waals surface area contributed by atoms with E-state index in [1.54, 1.807) is 12.1 Å². The van der Waals surface area contributed by atoms with Crippen LogP contribution in [0.15, 0.2) is 29.2 Å². The van der Waals surface area contributed by atoms with Crippen molar-refractivity contribution >= 4 is 44.0 Å². The van der Waals surface area contributed by atoms with Gasteiger partial charge < -0.3 is 5.32 Å². The van der Waals surface area contributed by atoms with Gasteiger partial charge in [0.2, 0.25) is 21.1 Å². The third kappa shape index (κ3) is 4.29. The zero-order chi connectivity index (χ0) is 17.2. The fraction of sp³-hybridized carbons (Fsp3) is 0.357. The molecule has 1 saturated carbocycles. The lowest BCUT2D eigenvalue weighted by atomic mass is 10.4. The summed E-state index contributed by atoms with van der Waals surface area (Å²) >= 11 is 7.24. The molecule has 1 aromatic heterocycles. The van der Waals surface area contributed by atoms with Gasteiger partial charge in [-0.2, -0.15) is 0 Å². The van der Waals surface area contributed by atoms with E-state index in [-0.39, 0.29) is 28.8 Å². The molecule has 1 amide bonds. The summed E-state index contributed by atoms with van der Waals surface area (Å²) in [4.78, 5) is 11.9. The monoisotopic (exact) mass is 386 g/mol. The third-order valence-electron chi connectivity index (χ3n) is 3.38. The molecule has 7 nitrogen and oxygen atoms in total. The fourth-order valence-corrected chi connectivity index (χ4v) is 4.48. The van der Waals surface area contributed by atoms with Crippen LogP contribution in [-0.4, -0.2) is 31.1 Å². The number of carbonyl (C=O) groups is 1. The quantitative estimate of drug-likeness (QED) is 0.760. The molecule has 0 aliphatic heterocycles. The van der Waals surface area contributed by atoms with E-state index in [0.29, 0.717) is 11.0 Å². The van der Waals surface area contributed by atoms with Crippen molar-refractivity contribution in [3.63, 3.8) is 0 Å². The maximum Gasteiger partial charge on any atom is 0.242 e. The highest BCUT2D eigenvalue weighted by Gasteiger charge is 2.27. The molecule has 0 unspecified atom stereocenters. The Bertz CT molecular complexity index is 849. The zero-order valence-electron chi connectivity index (χ0n) is 12.5. The number of sulfonamides is 1. The van der Waals surface area contributed by atoms with Crippen molar-refractivity contribution in [2.45, 2.75) is 30.1 Å². The van der Waals surface area contributed by atoms with E-state index < -0.39 is 10.0 Å². The number of hydrogen-bond donors (Lipinski definition) is 2. The molecule has 0 saturated heterocycles. The lowest BCUT2D eigenvalue weighted by molar-refractivity contribution is -0.116. The second-order valence-electron chi connectivity index (χ2n) is 5.35. The number of rotatable bonds is 7. The lowest BCUT2D eigenvalue weighted by Gasteiger charge is -2.07. The first-order valence-electron chi connectivity index (χ1n) is 7.33. The number of benzene rings is 1. The Morgan fingerprint density at radius 3 is 2.75 bits per heavy atom. The van der Waals surface area contributed by atoms with E-state index in [9.17, 15) is 13.2 Å². The van der Waals surface area contributed by atoms with Crippen molar-refractivity contribution in [1.82, 2.24) is 14.9 Å². The normalized spacial score (nSPS) is 14.5. The predicted octanol–water partition coefficient (Wildman–Crippen LogP) is 2.38. The molecule has 2 aromatic rings. The molecule has 0 spiro atoms. The summed E-state index contributed by atoms with van der Waals surface area (Å²) in [5, 5.41) is 12.1. The highest BCUT2D eigenvalue weighted by molar-refractivity contribution is 7.89. The first-order chi connectivity index (χ1) is 11.5. The van der Waals surface area contributed by atoms with Gasteiger partial charge in [0.1, 0.15) is 9.90 Å². The molecule has 10 heteroatoms. The van der Waals surface area contributed by atoms with Gasteiger partial charge in [0, 0.05) is 18.9 Å². The van der Waals surface area contributed by atoms with Crippen LogP contribution in [-0.2, 0) is 14.8 Å². The van der Waals surface area contributed by atoms with E-state index in [2.05, 4.69) is 20.2 Å². The number of anilines is 1. The largest absolute Gasteiger partial charge is 0.300 e. The molecule has 1 fully saturated rings. The van der Waals surface area contributed by atoms with Gasteiger partial charge in [-0.15, -0.1) is 10.2 Å². The first-order valence-corrected chi connectivity index (χ1v) is 10.0. The Morgan fingerprint density at radius 1 is 1.29 bits per heavy atom. The van der Waals surface area contributed by atoms with Crippen molar-refractivity contribution < 1.29 is 13.2 Å². The van der Waals surface area contributed by atoms with Gasteiger partial charge in [-0.3, -0.25) is 4.79 Å². The SMILES string of the molecule is O=C(CCNS(=O)(=O)c1ccccc1Cl)Nc1nnc(C2CC2)s1. The van der Waals surface area contributed by atoms with Crippen LogP contribution in [0.5, 0.6) is 0 Å². The van der Waals surface area contributed by atoms with Crippen LogP contribution in [0, 0.1) is 0 Å². The Hall–Kier alpha value is -1.55. The summed E-state index contributed by atoms with van der Waals surface area (Å²) in [6.07, 6.45) is 2.22. The van der Waals surface area contributed by atoms with Crippen LogP contribution < -0.4 is 10.0 Å². The van der Waals surface area contributed by atoms with E-state index in [1.165, 1.54) is 23.5 Å². The molecule has 0 atom stereocenters. The van der Waals surface area contributed by atoms with Gasteiger partial charge in [0.15, 0.2) is 0 Å². The minimum absolute atomic E-state index is 0.00901. The number of nitrogens with one attached hydrogen (secondary N) is 2. The molecule has 0 bridgehead atoms. The van der Waals surface area contributed by atoms with E-state index in [4.69, 9.17) is 11.6 Å². The van der Waals surface area contributed by atoms with Gasteiger partial charge in [-0.05, 0) is 25.0 Å². The smallest absolute Gasteiger partial charge is 0.242 e. The summed E-state index contributed by atoms with van der Waals surface area (Å²) in [6.45, 7) is -0.0341. The summed E-state index contributed by atoms with van der Waals surface area (Å²) in [6, 6.07) is 6.13. The van der Waals surface area contributed by atoms with Crippen molar-refractivity contribution in [2.24, 2.45) is 0 Å². The topological polar surface area (TPSA) is 101 Å². The Balaban J connectivity index is 1.50. The molecule has 1 aliphatic rings. The molecule has 2 N–H and O–H groups in total. The maximum atomic E-state index is 12.1. The summed E-state index contributed by atoms with van der Waals surface area (Å²) in [7, 11) is -3.75. The minimum atomic E-state index is -3.75. The number of nitrogens with zero attached hydrogens (tertiary/aromatic N) is 2. The number of carbonyl (C=O) groups excluding carboxylic acids is 1. The predicted molar refractivity (Wildman–Crippen MR) is 91.8 cm³/mol. The average Bonchev–Trinajstić information content (AvgIpc) is 3.28. The number of aromatic nitrogens is 2. The molecule has 1 aromatic carbocycles.